The molecule has 1 fully saturated rings. The van der Waals surface area contributed by atoms with Crippen molar-refractivity contribution in [1.82, 2.24) is 8.87 Å². The van der Waals surface area contributed by atoms with E-state index in [9.17, 15) is 13.2 Å². The second kappa shape index (κ2) is 10.2. The summed E-state index contributed by atoms with van der Waals surface area (Å²) in [5.74, 6) is -0.0222. The fourth-order valence-corrected chi connectivity index (χ4v) is 6.91. The number of fused-ring (bicyclic) bond motifs is 1. The zero-order valence-electron chi connectivity index (χ0n) is 20.5. The van der Waals surface area contributed by atoms with Gasteiger partial charge >= 0.3 is 0 Å². The van der Waals surface area contributed by atoms with Gasteiger partial charge in [-0.05, 0) is 61.7 Å². The second-order valence-corrected chi connectivity index (χ2v) is 12.1. The van der Waals surface area contributed by atoms with Crippen LogP contribution in [0.15, 0.2) is 65.0 Å². The summed E-state index contributed by atoms with van der Waals surface area (Å²) >= 11 is 1.46. The number of amides is 1. The highest BCUT2D eigenvalue weighted by atomic mass is 32.2. The summed E-state index contributed by atoms with van der Waals surface area (Å²) in [4.78, 5) is 18.1. The SMILES string of the molecule is C=CCn1c(=NC(=O)c2ccc(S(=O)(=O)N3CC(C)OC(C)C3)cc2)sc2cc(C(C)C)ccc21. The molecule has 0 saturated carbocycles. The van der Waals surface area contributed by atoms with E-state index in [1.165, 1.54) is 45.5 Å². The molecule has 4 rings (SSSR count). The summed E-state index contributed by atoms with van der Waals surface area (Å²) in [6.45, 7) is 13.0. The minimum absolute atomic E-state index is 0.153. The molecular weight excluding hydrogens is 482 g/mol. The largest absolute Gasteiger partial charge is 0.373 e. The predicted molar refractivity (Wildman–Crippen MR) is 139 cm³/mol. The number of carbonyl (C=O) groups is 1. The zero-order chi connectivity index (χ0) is 25.3. The summed E-state index contributed by atoms with van der Waals surface area (Å²) in [6.07, 6.45) is 1.43. The Bertz CT molecular complexity index is 1410. The van der Waals surface area contributed by atoms with E-state index in [1.807, 2.05) is 18.4 Å². The number of thiazole rings is 1. The van der Waals surface area contributed by atoms with Crippen molar-refractivity contribution in [2.75, 3.05) is 13.1 Å². The van der Waals surface area contributed by atoms with Crippen LogP contribution in [-0.4, -0.2) is 48.5 Å². The number of nitrogens with zero attached hydrogens (tertiary/aromatic N) is 3. The minimum atomic E-state index is -3.67. The molecule has 2 atom stereocenters. The van der Waals surface area contributed by atoms with Crippen LogP contribution in [0.5, 0.6) is 0 Å². The Morgan fingerprint density at radius 3 is 2.43 bits per heavy atom. The van der Waals surface area contributed by atoms with Crippen molar-refractivity contribution in [2.24, 2.45) is 4.99 Å². The van der Waals surface area contributed by atoms with Gasteiger partial charge in [0.05, 0.1) is 27.3 Å². The normalized spacial score (nSPS) is 20.0. The van der Waals surface area contributed by atoms with Gasteiger partial charge in [0, 0.05) is 25.2 Å². The Kier molecular flexibility index (Phi) is 7.42. The maximum Gasteiger partial charge on any atom is 0.279 e. The molecule has 35 heavy (non-hydrogen) atoms. The van der Waals surface area contributed by atoms with Crippen LogP contribution in [-0.2, 0) is 21.3 Å². The van der Waals surface area contributed by atoms with E-state index >= 15 is 0 Å². The monoisotopic (exact) mass is 513 g/mol. The molecule has 1 aromatic heterocycles. The molecule has 0 radical (unpaired) electrons. The summed E-state index contributed by atoms with van der Waals surface area (Å²) in [7, 11) is -3.67. The molecule has 3 aromatic rings. The van der Waals surface area contributed by atoms with Crippen molar-refractivity contribution in [3.63, 3.8) is 0 Å². The van der Waals surface area contributed by atoms with Gasteiger partial charge in [-0.15, -0.1) is 6.58 Å². The molecule has 0 aliphatic carbocycles. The third-order valence-corrected chi connectivity index (χ3v) is 8.89. The number of rotatable bonds is 6. The lowest BCUT2D eigenvalue weighted by atomic mass is 10.0. The van der Waals surface area contributed by atoms with Crippen molar-refractivity contribution in [1.29, 1.82) is 0 Å². The number of sulfonamides is 1. The van der Waals surface area contributed by atoms with E-state index in [-0.39, 0.29) is 17.1 Å². The standard InChI is InChI=1S/C26H31N3O4S2/c1-6-13-29-23-12-9-21(17(2)3)14-24(23)34-26(29)27-25(30)20-7-10-22(11-8-20)35(31,32)28-15-18(4)33-19(5)16-28/h6-12,14,17-19H,1,13,15-16H2,2-5H3. The van der Waals surface area contributed by atoms with Crippen molar-refractivity contribution in [3.8, 4) is 0 Å². The zero-order valence-corrected chi connectivity index (χ0v) is 22.1. The van der Waals surface area contributed by atoms with Crippen LogP contribution in [0.2, 0.25) is 0 Å². The van der Waals surface area contributed by atoms with E-state index in [0.29, 0.717) is 35.9 Å². The Morgan fingerprint density at radius 2 is 1.83 bits per heavy atom. The van der Waals surface area contributed by atoms with E-state index < -0.39 is 15.9 Å². The number of hydrogen-bond acceptors (Lipinski definition) is 5. The molecule has 1 amide bonds. The summed E-state index contributed by atoms with van der Waals surface area (Å²) in [5.41, 5.74) is 2.56. The van der Waals surface area contributed by atoms with E-state index in [4.69, 9.17) is 4.74 Å². The Balaban J connectivity index is 1.64. The molecule has 0 N–H and O–H groups in total. The molecule has 2 unspecified atom stereocenters. The fraction of sp³-hybridized carbons (Fsp3) is 0.385. The van der Waals surface area contributed by atoms with Crippen molar-refractivity contribution in [2.45, 2.75) is 57.3 Å². The minimum Gasteiger partial charge on any atom is -0.373 e. The van der Waals surface area contributed by atoms with Gasteiger partial charge in [-0.2, -0.15) is 9.30 Å². The van der Waals surface area contributed by atoms with Crippen molar-refractivity contribution in [3.05, 3.63) is 71.0 Å². The number of aromatic nitrogens is 1. The Labute approximate surface area is 210 Å². The van der Waals surface area contributed by atoms with Gasteiger partial charge in [-0.1, -0.05) is 37.3 Å². The van der Waals surface area contributed by atoms with Crippen LogP contribution < -0.4 is 4.80 Å². The van der Waals surface area contributed by atoms with Crippen LogP contribution >= 0.6 is 11.3 Å². The molecular formula is C26H31N3O4S2. The highest BCUT2D eigenvalue weighted by Gasteiger charge is 2.32. The lowest BCUT2D eigenvalue weighted by molar-refractivity contribution is -0.0440. The van der Waals surface area contributed by atoms with Gasteiger partial charge in [-0.25, -0.2) is 8.42 Å². The molecule has 2 heterocycles. The highest BCUT2D eigenvalue weighted by Crippen LogP contribution is 2.24. The van der Waals surface area contributed by atoms with Crippen LogP contribution in [0, 0.1) is 0 Å². The van der Waals surface area contributed by atoms with Gasteiger partial charge in [0.2, 0.25) is 10.0 Å². The number of ether oxygens (including phenoxy) is 1. The first-order valence-electron chi connectivity index (χ1n) is 11.7. The van der Waals surface area contributed by atoms with Gasteiger partial charge in [0.15, 0.2) is 4.80 Å². The quantitative estimate of drug-likeness (QED) is 0.453. The fourth-order valence-electron chi connectivity index (χ4n) is 4.24. The Morgan fingerprint density at radius 1 is 1.17 bits per heavy atom. The Hall–Kier alpha value is -2.59. The number of morpholine rings is 1. The van der Waals surface area contributed by atoms with E-state index in [2.05, 4.69) is 43.6 Å². The maximum absolute atomic E-state index is 13.1. The summed E-state index contributed by atoms with van der Waals surface area (Å²) in [5, 5.41) is 0. The van der Waals surface area contributed by atoms with Crippen LogP contribution in [0.4, 0.5) is 0 Å². The second-order valence-electron chi connectivity index (χ2n) is 9.19. The van der Waals surface area contributed by atoms with Crippen LogP contribution in [0.3, 0.4) is 0 Å². The highest BCUT2D eigenvalue weighted by molar-refractivity contribution is 7.89. The lowest BCUT2D eigenvalue weighted by Gasteiger charge is -2.34. The van der Waals surface area contributed by atoms with Gasteiger partial charge in [0.25, 0.3) is 5.91 Å². The summed E-state index contributed by atoms with van der Waals surface area (Å²) < 4.78 is 36.3. The third-order valence-electron chi connectivity index (χ3n) is 6.01. The van der Waals surface area contributed by atoms with Gasteiger partial charge < -0.3 is 9.30 Å². The van der Waals surface area contributed by atoms with Crippen molar-refractivity contribution < 1.29 is 17.9 Å². The van der Waals surface area contributed by atoms with Crippen LogP contribution in [0.1, 0.15) is 49.5 Å². The molecule has 7 nitrogen and oxygen atoms in total. The first-order chi connectivity index (χ1) is 16.6. The van der Waals surface area contributed by atoms with Crippen molar-refractivity contribution >= 4 is 37.5 Å². The number of hydrogen-bond donors (Lipinski definition) is 0. The topological polar surface area (TPSA) is 81.0 Å². The molecule has 0 spiro atoms. The number of allylic oxidation sites excluding steroid dienone is 1. The molecule has 9 heteroatoms. The van der Waals surface area contributed by atoms with E-state index in [0.717, 1.165) is 10.2 Å². The smallest absolute Gasteiger partial charge is 0.279 e. The van der Waals surface area contributed by atoms with Gasteiger partial charge in [-0.3, -0.25) is 4.79 Å². The molecule has 1 aliphatic rings. The average Bonchev–Trinajstić information content (AvgIpc) is 3.14. The predicted octanol–water partition coefficient (Wildman–Crippen LogP) is 4.55. The van der Waals surface area contributed by atoms with Crippen LogP contribution in [0.25, 0.3) is 10.2 Å². The first-order valence-corrected chi connectivity index (χ1v) is 13.9. The summed E-state index contributed by atoms with van der Waals surface area (Å²) in [6, 6.07) is 12.3. The number of benzene rings is 2. The molecule has 186 valence electrons. The maximum atomic E-state index is 13.1. The lowest BCUT2D eigenvalue weighted by Crippen LogP contribution is -2.48. The first kappa shape index (κ1) is 25.5. The van der Waals surface area contributed by atoms with Gasteiger partial charge in [0.1, 0.15) is 0 Å². The van der Waals surface area contributed by atoms with E-state index in [1.54, 1.807) is 6.08 Å². The number of carbonyl (C=O) groups excluding carboxylic acids is 1. The molecule has 1 saturated heterocycles. The molecule has 1 aliphatic heterocycles. The average molecular weight is 514 g/mol. The third kappa shape index (κ3) is 5.33. The molecule has 2 aromatic carbocycles. The molecule has 0 bridgehead atoms.